The Labute approximate surface area is 124 Å². The Hall–Kier alpha value is -2.10. The third-order valence-electron chi connectivity index (χ3n) is 3.78. The number of hydrogen-bond acceptors (Lipinski definition) is 4. The van der Waals surface area contributed by atoms with E-state index in [0.717, 1.165) is 11.8 Å². The Kier molecular flexibility index (Phi) is 6.66. The Balaban J connectivity index is 3.07. The number of carbonyl (C=O) groups excluding carboxylic acids is 4. The molecule has 1 aromatic rings. The molecule has 0 saturated heterocycles. The maximum Gasteiger partial charge on any atom is 0.206 e. The summed E-state index contributed by atoms with van der Waals surface area (Å²) in [5.74, 6) is -2.34. The van der Waals surface area contributed by atoms with Crippen LogP contribution in [0.1, 0.15) is 38.2 Å². The molecule has 0 fully saturated rings. The predicted molar refractivity (Wildman–Crippen MR) is 78.9 cm³/mol. The second kappa shape index (κ2) is 8.25. The van der Waals surface area contributed by atoms with Crippen LogP contribution in [0.3, 0.4) is 0 Å². The molecule has 0 heterocycles. The minimum absolute atomic E-state index is 0.0453. The molecule has 4 heteroatoms. The van der Waals surface area contributed by atoms with Gasteiger partial charge in [-0.3, -0.25) is 9.59 Å². The smallest absolute Gasteiger partial charge is 0.206 e. The number of carbonyl (C=O) groups is 4. The van der Waals surface area contributed by atoms with Crippen LogP contribution in [0.2, 0.25) is 0 Å². The lowest BCUT2D eigenvalue weighted by Crippen LogP contribution is -2.30. The first-order valence-corrected chi connectivity index (χ1v) is 7.03. The SMILES string of the molecule is CC(C=O)C(C)C(C(=O)C(=O)CCC=O)c1ccccc1. The quantitative estimate of drug-likeness (QED) is 0.516. The molecule has 0 saturated carbocycles. The molecule has 1 rings (SSSR count). The second-order valence-electron chi connectivity index (χ2n) is 5.24. The van der Waals surface area contributed by atoms with Crippen LogP contribution in [0.4, 0.5) is 0 Å². The van der Waals surface area contributed by atoms with Gasteiger partial charge in [0.25, 0.3) is 0 Å². The van der Waals surface area contributed by atoms with Gasteiger partial charge < -0.3 is 9.59 Å². The molecule has 0 aliphatic carbocycles. The van der Waals surface area contributed by atoms with Crippen LogP contribution in [0.15, 0.2) is 30.3 Å². The monoisotopic (exact) mass is 288 g/mol. The van der Waals surface area contributed by atoms with Gasteiger partial charge >= 0.3 is 0 Å². The van der Waals surface area contributed by atoms with Gasteiger partial charge in [0.15, 0.2) is 5.78 Å². The van der Waals surface area contributed by atoms with Crippen LogP contribution in [0.25, 0.3) is 0 Å². The summed E-state index contributed by atoms with van der Waals surface area (Å²) in [6.45, 7) is 3.53. The average Bonchev–Trinajstić information content (AvgIpc) is 2.52. The lowest BCUT2D eigenvalue weighted by molar-refractivity contribution is -0.138. The molecule has 0 amide bonds. The predicted octanol–water partition coefficient (Wildman–Crippen LogP) is 2.36. The summed E-state index contributed by atoms with van der Waals surface area (Å²) in [6.07, 6.45) is 1.39. The van der Waals surface area contributed by atoms with Gasteiger partial charge in [0.1, 0.15) is 12.6 Å². The van der Waals surface area contributed by atoms with Gasteiger partial charge in [0, 0.05) is 18.8 Å². The summed E-state index contributed by atoms with van der Waals surface area (Å²) in [6, 6.07) is 8.98. The van der Waals surface area contributed by atoms with Gasteiger partial charge in [0.2, 0.25) is 5.78 Å². The third-order valence-corrected chi connectivity index (χ3v) is 3.78. The molecule has 0 radical (unpaired) electrons. The van der Waals surface area contributed by atoms with Gasteiger partial charge in [-0.2, -0.15) is 0 Å². The Morgan fingerprint density at radius 1 is 1.10 bits per heavy atom. The van der Waals surface area contributed by atoms with Crippen molar-refractivity contribution in [2.75, 3.05) is 0 Å². The highest BCUT2D eigenvalue weighted by Gasteiger charge is 2.33. The maximum atomic E-state index is 12.4. The van der Waals surface area contributed by atoms with Crippen molar-refractivity contribution in [3.05, 3.63) is 35.9 Å². The van der Waals surface area contributed by atoms with E-state index in [1.807, 2.05) is 6.07 Å². The highest BCUT2D eigenvalue weighted by Crippen LogP contribution is 2.31. The normalized spacial score (nSPS) is 14.8. The number of Topliss-reactive ketones (excluding diaryl/α,β-unsaturated/α-hetero) is 2. The Morgan fingerprint density at radius 2 is 1.71 bits per heavy atom. The fraction of sp³-hybridized carbons (Fsp3) is 0.412. The molecule has 0 aliphatic heterocycles. The molecule has 0 aliphatic rings. The van der Waals surface area contributed by atoms with Crippen molar-refractivity contribution >= 4 is 24.1 Å². The van der Waals surface area contributed by atoms with E-state index in [1.54, 1.807) is 38.1 Å². The number of aldehydes is 2. The van der Waals surface area contributed by atoms with E-state index >= 15 is 0 Å². The van der Waals surface area contributed by atoms with Crippen molar-refractivity contribution < 1.29 is 19.2 Å². The molecule has 112 valence electrons. The molecule has 0 spiro atoms. The van der Waals surface area contributed by atoms with E-state index in [0.29, 0.717) is 6.29 Å². The number of ketones is 2. The highest BCUT2D eigenvalue weighted by molar-refractivity contribution is 6.39. The zero-order valence-corrected chi connectivity index (χ0v) is 12.3. The van der Waals surface area contributed by atoms with Crippen molar-refractivity contribution in [1.29, 1.82) is 0 Å². The molecule has 1 aromatic carbocycles. The molecule has 3 atom stereocenters. The van der Waals surface area contributed by atoms with E-state index in [4.69, 9.17) is 0 Å². The Bertz CT molecular complexity index is 507. The molecule has 0 N–H and O–H groups in total. The van der Waals surface area contributed by atoms with Crippen molar-refractivity contribution in [3.63, 3.8) is 0 Å². The number of benzene rings is 1. The first-order valence-electron chi connectivity index (χ1n) is 7.03. The van der Waals surface area contributed by atoms with Crippen LogP contribution < -0.4 is 0 Å². The van der Waals surface area contributed by atoms with Gasteiger partial charge in [0.05, 0.1) is 5.92 Å². The van der Waals surface area contributed by atoms with Crippen molar-refractivity contribution in [1.82, 2.24) is 0 Å². The van der Waals surface area contributed by atoms with Crippen LogP contribution in [0.5, 0.6) is 0 Å². The summed E-state index contributed by atoms with van der Waals surface area (Å²) in [4.78, 5) is 45.7. The third kappa shape index (κ3) is 4.45. The molecular formula is C17H20O4. The zero-order valence-electron chi connectivity index (χ0n) is 12.3. The van der Waals surface area contributed by atoms with Gasteiger partial charge in [-0.1, -0.05) is 44.2 Å². The fourth-order valence-corrected chi connectivity index (χ4v) is 2.27. The Morgan fingerprint density at radius 3 is 2.24 bits per heavy atom. The van der Waals surface area contributed by atoms with Crippen LogP contribution in [0, 0.1) is 11.8 Å². The molecule has 3 unspecified atom stereocenters. The first-order chi connectivity index (χ1) is 10.0. The van der Waals surface area contributed by atoms with E-state index < -0.39 is 17.5 Å². The molecule has 4 nitrogen and oxygen atoms in total. The van der Waals surface area contributed by atoms with Crippen LogP contribution >= 0.6 is 0 Å². The summed E-state index contributed by atoms with van der Waals surface area (Å²) in [5.41, 5.74) is 0.725. The average molecular weight is 288 g/mol. The van der Waals surface area contributed by atoms with Gasteiger partial charge in [-0.15, -0.1) is 0 Å². The topological polar surface area (TPSA) is 68.3 Å². The first kappa shape index (κ1) is 17.0. The largest absolute Gasteiger partial charge is 0.303 e. The summed E-state index contributed by atoms with van der Waals surface area (Å²) in [5, 5.41) is 0. The van der Waals surface area contributed by atoms with E-state index in [1.165, 1.54) is 0 Å². The standard InChI is InChI=1S/C17H20O4/c1-12(11-19)13(2)16(14-7-4-3-5-8-14)17(21)15(20)9-6-10-18/h3-5,7-8,10-13,16H,6,9H2,1-2H3. The van der Waals surface area contributed by atoms with E-state index in [2.05, 4.69) is 0 Å². The second-order valence-corrected chi connectivity index (χ2v) is 5.24. The lowest BCUT2D eigenvalue weighted by atomic mass is 9.76. The zero-order chi connectivity index (χ0) is 15.8. The van der Waals surface area contributed by atoms with E-state index in [-0.39, 0.29) is 24.7 Å². The fourth-order valence-electron chi connectivity index (χ4n) is 2.27. The van der Waals surface area contributed by atoms with Crippen molar-refractivity contribution in [2.24, 2.45) is 11.8 Å². The molecule has 0 bridgehead atoms. The summed E-state index contributed by atoms with van der Waals surface area (Å²) in [7, 11) is 0. The van der Waals surface area contributed by atoms with Crippen LogP contribution in [-0.2, 0) is 19.2 Å². The minimum Gasteiger partial charge on any atom is -0.303 e. The van der Waals surface area contributed by atoms with Gasteiger partial charge in [-0.25, -0.2) is 0 Å². The molecule has 0 aromatic heterocycles. The number of rotatable bonds is 9. The van der Waals surface area contributed by atoms with E-state index in [9.17, 15) is 19.2 Å². The lowest BCUT2D eigenvalue weighted by Gasteiger charge is -2.25. The molecule has 21 heavy (non-hydrogen) atoms. The maximum absolute atomic E-state index is 12.4. The minimum atomic E-state index is -0.648. The molecular weight excluding hydrogens is 268 g/mol. The van der Waals surface area contributed by atoms with Crippen molar-refractivity contribution in [3.8, 4) is 0 Å². The summed E-state index contributed by atoms with van der Waals surface area (Å²) < 4.78 is 0. The van der Waals surface area contributed by atoms with Crippen LogP contribution in [-0.4, -0.2) is 24.1 Å². The van der Waals surface area contributed by atoms with Crippen molar-refractivity contribution in [2.45, 2.75) is 32.6 Å². The highest BCUT2D eigenvalue weighted by atomic mass is 16.2. The summed E-state index contributed by atoms with van der Waals surface area (Å²) >= 11 is 0. The number of hydrogen-bond donors (Lipinski definition) is 0. The van der Waals surface area contributed by atoms with Gasteiger partial charge in [-0.05, 0) is 11.5 Å².